The molecule has 1 atom stereocenters. The molecule has 2 nitrogen and oxygen atoms in total. The highest BCUT2D eigenvalue weighted by Gasteiger charge is 2.10. The summed E-state index contributed by atoms with van der Waals surface area (Å²) in [4.78, 5) is 0. The van der Waals surface area contributed by atoms with Crippen LogP contribution in [0, 0.1) is 11.8 Å². The Bertz CT molecular complexity index is 389. The summed E-state index contributed by atoms with van der Waals surface area (Å²) in [6.45, 7) is 4.96. The Hall–Kier alpha value is -1.46. The van der Waals surface area contributed by atoms with Crippen molar-refractivity contribution in [2.75, 3.05) is 13.7 Å². The lowest BCUT2D eigenvalue weighted by Gasteiger charge is -2.17. The molecule has 0 fully saturated rings. The van der Waals surface area contributed by atoms with Crippen LogP contribution >= 0.6 is 0 Å². The maximum Gasteiger partial charge on any atom is 0.122 e. The summed E-state index contributed by atoms with van der Waals surface area (Å²) in [6, 6.07) is 8.55. The van der Waals surface area contributed by atoms with Crippen LogP contribution in [0.1, 0.15) is 25.8 Å². The van der Waals surface area contributed by atoms with Crippen LogP contribution in [0.15, 0.2) is 24.3 Å². The lowest BCUT2D eigenvalue weighted by atomic mass is 10.0. The van der Waals surface area contributed by atoms with Gasteiger partial charge in [0.25, 0.3) is 0 Å². The lowest BCUT2D eigenvalue weighted by molar-refractivity contribution is 0.405. The monoisotopic (exact) mass is 231 g/mol. The van der Waals surface area contributed by atoms with Crippen molar-refractivity contribution >= 4 is 0 Å². The average molecular weight is 231 g/mol. The van der Waals surface area contributed by atoms with Crippen molar-refractivity contribution in [2.45, 2.75) is 32.7 Å². The summed E-state index contributed by atoms with van der Waals surface area (Å²) in [6.07, 6.45) is 1.83. The van der Waals surface area contributed by atoms with Crippen LogP contribution < -0.4 is 10.1 Å². The van der Waals surface area contributed by atoms with E-state index in [1.165, 1.54) is 5.56 Å². The number of rotatable bonds is 6. The molecular weight excluding hydrogens is 210 g/mol. The van der Waals surface area contributed by atoms with Crippen LogP contribution in [-0.4, -0.2) is 19.7 Å². The zero-order chi connectivity index (χ0) is 12.5. The molecule has 0 bridgehead atoms. The van der Waals surface area contributed by atoms with Crippen LogP contribution in [0.2, 0.25) is 0 Å². The Kier molecular flexibility index (Phi) is 6.21. The number of ether oxygens (including phenoxy) is 1. The summed E-state index contributed by atoms with van der Waals surface area (Å²) in [7, 11) is 1.72. The highest BCUT2D eigenvalue weighted by Crippen LogP contribution is 2.19. The molecule has 0 saturated carbocycles. The van der Waals surface area contributed by atoms with E-state index in [4.69, 9.17) is 4.74 Å². The molecule has 0 aliphatic heterocycles. The van der Waals surface area contributed by atoms with Gasteiger partial charge in [0.1, 0.15) is 5.75 Å². The van der Waals surface area contributed by atoms with Crippen LogP contribution in [0.3, 0.4) is 0 Å². The van der Waals surface area contributed by atoms with Crippen molar-refractivity contribution in [3.8, 4) is 17.6 Å². The zero-order valence-electron chi connectivity index (χ0n) is 10.9. The second-order valence-electron chi connectivity index (χ2n) is 3.90. The molecule has 1 N–H and O–H groups in total. The van der Waals surface area contributed by atoms with Crippen molar-refractivity contribution < 1.29 is 4.74 Å². The molecule has 1 rings (SSSR count). The Labute approximate surface area is 104 Å². The molecule has 0 aliphatic rings. The van der Waals surface area contributed by atoms with E-state index >= 15 is 0 Å². The topological polar surface area (TPSA) is 21.3 Å². The fourth-order valence-corrected chi connectivity index (χ4v) is 1.87. The normalized spacial score (nSPS) is 11.5. The van der Waals surface area contributed by atoms with Crippen LogP contribution in [0.25, 0.3) is 0 Å². The molecule has 0 amide bonds. The molecule has 0 heterocycles. The van der Waals surface area contributed by atoms with Crippen molar-refractivity contribution in [2.24, 2.45) is 0 Å². The number of nitrogens with one attached hydrogen (secondary N) is 1. The van der Waals surface area contributed by atoms with Gasteiger partial charge in [-0.25, -0.2) is 0 Å². The van der Waals surface area contributed by atoms with Gasteiger partial charge in [0.2, 0.25) is 0 Å². The van der Waals surface area contributed by atoms with Gasteiger partial charge in [0.05, 0.1) is 7.11 Å². The quantitative estimate of drug-likeness (QED) is 0.760. The Morgan fingerprint density at radius 3 is 2.76 bits per heavy atom. The molecule has 1 aromatic rings. The summed E-state index contributed by atoms with van der Waals surface area (Å²) in [5, 5.41) is 3.46. The smallest absolute Gasteiger partial charge is 0.122 e. The van der Waals surface area contributed by atoms with Gasteiger partial charge in [-0.05, 0) is 31.5 Å². The van der Waals surface area contributed by atoms with Gasteiger partial charge in [0, 0.05) is 12.5 Å². The SMILES string of the molecule is CC#CCC(Cc1ccccc1OC)NCC. The second-order valence-corrected chi connectivity index (χ2v) is 3.90. The summed E-state index contributed by atoms with van der Waals surface area (Å²) in [5.74, 6) is 7.05. The second kappa shape index (κ2) is 7.76. The predicted molar refractivity (Wildman–Crippen MR) is 72.2 cm³/mol. The van der Waals surface area contributed by atoms with Crippen LogP contribution in [0.4, 0.5) is 0 Å². The lowest BCUT2D eigenvalue weighted by Crippen LogP contribution is -2.30. The first-order valence-corrected chi connectivity index (χ1v) is 6.06. The molecule has 17 heavy (non-hydrogen) atoms. The Morgan fingerprint density at radius 1 is 1.35 bits per heavy atom. The van der Waals surface area contributed by atoms with Gasteiger partial charge in [-0.3, -0.25) is 0 Å². The van der Waals surface area contributed by atoms with Crippen molar-refractivity contribution in [3.63, 3.8) is 0 Å². The third kappa shape index (κ3) is 4.50. The predicted octanol–water partition coefficient (Wildman–Crippen LogP) is 2.63. The van der Waals surface area contributed by atoms with Gasteiger partial charge in [0.15, 0.2) is 0 Å². The van der Waals surface area contributed by atoms with Crippen molar-refractivity contribution in [1.29, 1.82) is 0 Å². The van der Waals surface area contributed by atoms with Crippen molar-refractivity contribution in [3.05, 3.63) is 29.8 Å². The van der Waals surface area contributed by atoms with Gasteiger partial charge in [-0.2, -0.15) is 0 Å². The number of methoxy groups -OCH3 is 1. The Morgan fingerprint density at radius 2 is 2.12 bits per heavy atom. The third-order valence-electron chi connectivity index (χ3n) is 2.68. The molecule has 0 aromatic heterocycles. The van der Waals surface area contributed by atoms with Gasteiger partial charge < -0.3 is 10.1 Å². The van der Waals surface area contributed by atoms with E-state index in [-0.39, 0.29) is 0 Å². The minimum Gasteiger partial charge on any atom is -0.496 e. The van der Waals surface area contributed by atoms with E-state index in [1.54, 1.807) is 7.11 Å². The molecule has 92 valence electrons. The average Bonchev–Trinajstić information content (AvgIpc) is 2.37. The van der Waals surface area contributed by atoms with E-state index in [0.29, 0.717) is 6.04 Å². The minimum atomic E-state index is 0.392. The highest BCUT2D eigenvalue weighted by molar-refractivity contribution is 5.34. The summed E-state index contributed by atoms with van der Waals surface area (Å²) < 4.78 is 5.37. The largest absolute Gasteiger partial charge is 0.496 e. The first-order chi connectivity index (χ1) is 8.31. The zero-order valence-corrected chi connectivity index (χ0v) is 10.9. The maximum absolute atomic E-state index is 5.37. The number of para-hydroxylation sites is 1. The summed E-state index contributed by atoms with van der Waals surface area (Å²) >= 11 is 0. The molecule has 0 spiro atoms. The molecule has 2 heteroatoms. The van der Waals surface area contributed by atoms with Gasteiger partial charge in [-0.15, -0.1) is 11.8 Å². The standard InChI is InChI=1S/C15H21NO/c1-4-6-10-14(16-5-2)12-13-9-7-8-11-15(13)17-3/h7-9,11,14,16H,5,10,12H2,1-3H3. The van der Waals surface area contributed by atoms with Gasteiger partial charge >= 0.3 is 0 Å². The third-order valence-corrected chi connectivity index (χ3v) is 2.68. The first kappa shape index (κ1) is 13.6. The van der Waals surface area contributed by atoms with Gasteiger partial charge in [-0.1, -0.05) is 25.1 Å². The van der Waals surface area contributed by atoms with E-state index in [2.05, 4.69) is 30.1 Å². The molecule has 0 radical (unpaired) electrons. The first-order valence-electron chi connectivity index (χ1n) is 6.06. The molecular formula is C15H21NO. The number of hydrogen-bond acceptors (Lipinski definition) is 2. The maximum atomic E-state index is 5.37. The molecule has 1 aromatic carbocycles. The van der Waals surface area contributed by atoms with Crippen LogP contribution in [-0.2, 0) is 6.42 Å². The molecule has 0 saturated heterocycles. The number of hydrogen-bond donors (Lipinski definition) is 1. The fraction of sp³-hybridized carbons (Fsp3) is 0.467. The fourth-order valence-electron chi connectivity index (χ4n) is 1.87. The summed E-state index contributed by atoms with van der Waals surface area (Å²) in [5.41, 5.74) is 1.24. The Balaban J connectivity index is 2.72. The van der Waals surface area contributed by atoms with E-state index in [0.717, 1.165) is 25.1 Å². The van der Waals surface area contributed by atoms with E-state index < -0.39 is 0 Å². The van der Waals surface area contributed by atoms with E-state index in [9.17, 15) is 0 Å². The highest BCUT2D eigenvalue weighted by atomic mass is 16.5. The minimum absolute atomic E-state index is 0.392. The van der Waals surface area contributed by atoms with Crippen molar-refractivity contribution in [1.82, 2.24) is 5.32 Å². The molecule has 1 unspecified atom stereocenters. The molecule has 0 aliphatic carbocycles. The number of benzene rings is 1. The number of likely N-dealkylation sites (N-methyl/N-ethyl adjacent to an activating group) is 1. The van der Waals surface area contributed by atoms with Crippen LogP contribution in [0.5, 0.6) is 5.75 Å². The van der Waals surface area contributed by atoms with E-state index in [1.807, 2.05) is 25.1 Å².